The lowest BCUT2D eigenvalue weighted by atomic mass is 9.98. The summed E-state index contributed by atoms with van der Waals surface area (Å²) < 4.78 is 18.1. The standard InChI is InChI=1S/C15H17FN2O/c1-3-4-11(2)12-5-8-15(18-9-12)19-13-6-7-14(16)17-10-13/h5-11H,3-4H2,1-2H3. The van der Waals surface area contributed by atoms with Crippen LogP contribution >= 0.6 is 0 Å². The van der Waals surface area contributed by atoms with E-state index in [1.54, 1.807) is 0 Å². The second kappa shape index (κ2) is 6.27. The van der Waals surface area contributed by atoms with Crippen LogP contribution in [0.1, 0.15) is 38.2 Å². The van der Waals surface area contributed by atoms with Crippen molar-refractivity contribution in [3.05, 3.63) is 48.2 Å². The van der Waals surface area contributed by atoms with Gasteiger partial charge < -0.3 is 4.74 Å². The van der Waals surface area contributed by atoms with Gasteiger partial charge in [0.1, 0.15) is 5.75 Å². The van der Waals surface area contributed by atoms with Crippen molar-refractivity contribution in [2.75, 3.05) is 0 Å². The van der Waals surface area contributed by atoms with Crippen LogP contribution in [0.4, 0.5) is 4.39 Å². The Morgan fingerprint density at radius 1 is 1.16 bits per heavy atom. The van der Waals surface area contributed by atoms with Crippen molar-refractivity contribution in [1.82, 2.24) is 9.97 Å². The van der Waals surface area contributed by atoms with Gasteiger partial charge in [-0.05, 0) is 30.0 Å². The molecule has 0 bridgehead atoms. The lowest BCUT2D eigenvalue weighted by Crippen LogP contribution is -1.95. The molecule has 19 heavy (non-hydrogen) atoms. The topological polar surface area (TPSA) is 35.0 Å². The first kappa shape index (κ1) is 13.5. The Labute approximate surface area is 112 Å². The summed E-state index contributed by atoms with van der Waals surface area (Å²) >= 11 is 0. The number of rotatable bonds is 5. The van der Waals surface area contributed by atoms with Crippen molar-refractivity contribution in [2.45, 2.75) is 32.6 Å². The lowest BCUT2D eigenvalue weighted by molar-refractivity contribution is 0.455. The molecule has 0 saturated carbocycles. The average molecular weight is 260 g/mol. The summed E-state index contributed by atoms with van der Waals surface area (Å²) in [7, 11) is 0. The highest BCUT2D eigenvalue weighted by Crippen LogP contribution is 2.23. The molecule has 0 aromatic carbocycles. The fraction of sp³-hybridized carbons (Fsp3) is 0.333. The number of halogens is 1. The molecule has 2 aromatic heterocycles. The highest BCUT2D eigenvalue weighted by Gasteiger charge is 2.06. The van der Waals surface area contributed by atoms with E-state index in [9.17, 15) is 4.39 Å². The van der Waals surface area contributed by atoms with E-state index in [4.69, 9.17) is 4.74 Å². The molecule has 0 radical (unpaired) electrons. The molecule has 1 atom stereocenters. The molecule has 0 aliphatic carbocycles. The maximum Gasteiger partial charge on any atom is 0.219 e. The highest BCUT2D eigenvalue weighted by atomic mass is 19.1. The van der Waals surface area contributed by atoms with Gasteiger partial charge in [0.05, 0.1) is 6.20 Å². The van der Waals surface area contributed by atoms with E-state index in [-0.39, 0.29) is 0 Å². The molecular formula is C15H17FN2O. The summed E-state index contributed by atoms with van der Waals surface area (Å²) in [4.78, 5) is 7.78. The Morgan fingerprint density at radius 3 is 2.58 bits per heavy atom. The van der Waals surface area contributed by atoms with Crippen molar-refractivity contribution >= 4 is 0 Å². The van der Waals surface area contributed by atoms with E-state index in [0.717, 1.165) is 12.8 Å². The van der Waals surface area contributed by atoms with E-state index >= 15 is 0 Å². The van der Waals surface area contributed by atoms with Crippen molar-refractivity contribution in [1.29, 1.82) is 0 Å². The van der Waals surface area contributed by atoms with Crippen molar-refractivity contribution < 1.29 is 9.13 Å². The number of hydrogen-bond acceptors (Lipinski definition) is 3. The number of hydrogen-bond donors (Lipinski definition) is 0. The third kappa shape index (κ3) is 3.74. The third-order valence-electron chi connectivity index (χ3n) is 2.97. The van der Waals surface area contributed by atoms with Gasteiger partial charge in [-0.3, -0.25) is 0 Å². The normalized spacial score (nSPS) is 12.2. The summed E-state index contributed by atoms with van der Waals surface area (Å²) in [6, 6.07) is 6.62. The lowest BCUT2D eigenvalue weighted by Gasteiger charge is -2.10. The monoisotopic (exact) mass is 260 g/mol. The van der Waals surface area contributed by atoms with Crippen LogP contribution in [0.5, 0.6) is 11.6 Å². The minimum atomic E-state index is -0.524. The van der Waals surface area contributed by atoms with Gasteiger partial charge in [-0.25, -0.2) is 9.97 Å². The van der Waals surface area contributed by atoms with Crippen molar-refractivity contribution in [3.8, 4) is 11.6 Å². The maximum atomic E-state index is 12.7. The van der Waals surface area contributed by atoms with Gasteiger partial charge in [0.25, 0.3) is 0 Å². The molecule has 0 aliphatic heterocycles. The molecular weight excluding hydrogens is 243 g/mol. The summed E-state index contributed by atoms with van der Waals surface area (Å²) in [5.41, 5.74) is 1.20. The number of ether oxygens (including phenoxy) is 1. The highest BCUT2D eigenvalue weighted by molar-refractivity contribution is 5.26. The van der Waals surface area contributed by atoms with E-state index in [1.165, 1.54) is 23.9 Å². The van der Waals surface area contributed by atoms with Gasteiger partial charge >= 0.3 is 0 Å². The van der Waals surface area contributed by atoms with Crippen LogP contribution in [0.15, 0.2) is 36.7 Å². The van der Waals surface area contributed by atoms with Gasteiger partial charge in [-0.15, -0.1) is 0 Å². The first-order valence-corrected chi connectivity index (χ1v) is 6.44. The zero-order valence-electron chi connectivity index (χ0n) is 11.1. The Hall–Kier alpha value is -1.97. The number of pyridine rings is 2. The molecule has 0 spiro atoms. The SMILES string of the molecule is CCCC(C)c1ccc(Oc2ccc(F)nc2)nc1. The summed E-state index contributed by atoms with van der Waals surface area (Å²) in [6.45, 7) is 4.36. The van der Waals surface area contributed by atoms with Gasteiger partial charge in [-0.2, -0.15) is 4.39 Å². The molecule has 3 nitrogen and oxygen atoms in total. The van der Waals surface area contributed by atoms with Crippen LogP contribution < -0.4 is 4.74 Å². The molecule has 2 aromatic rings. The van der Waals surface area contributed by atoms with Gasteiger partial charge in [0.15, 0.2) is 0 Å². The fourth-order valence-corrected chi connectivity index (χ4v) is 1.89. The van der Waals surface area contributed by atoms with E-state index < -0.39 is 5.95 Å². The molecule has 2 heterocycles. The smallest absolute Gasteiger partial charge is 0.219 e. The molecule has 0 saturated heterocycles. The van der Waals surface area contributed by atoms with E-state index in [1.807, 2.05) is 18.3 Å². The maximum absolute atomic E-state index is 12.7. The van der Waals surface area contributed by atoms with Crippen LogP contribution in [-0.4, -0.2) is 9.97 Å². The predicted molar refractivity (Wildman–Crippen MR) is 71.8 cm³/mol. The zero-order valence-corrected chi connectivity index (χ0v) is 11.1. The molecule has 100 valence electrons. The van der Waals surface area contributed by atoms with Gasteiger partial charge in [0.2, 0.25) is 11.8 Å². The Bertz CT molecular complexity index is 511. The summed E-state index contributed by atoms with van der Waals surface area (Å²) in [5, 5.41) is 0. The first-order chi connectivity index (χ1) is 9.19. The Kier molecular flexibility index (Phi) is 4.44. The Morgan fingerprint density at radius 2 is 2.00 bits per heavy atom. The van der Waals surface area contributed by atoms with Crippen molar-refractivity contribution in [3.63, 3.8) is 0 Å². The van der Waals surface area contributed by atoms with Crippen LogP contribution in [0.25, 0.3) is 0 Å². The fourth-order valence-electron chi connectivity index (χ4n) is 1.89. The van der Waals surface area contributed by atoms with Crippen LogP contribution in [-0.2, 0) is 0 Å². The molecule has 0 N–H and O–H groups in total. The molecule has 4 heteroatoms. The second-order valence-corrected chi connectivity index (χ2v) is 4.54. The minimum absolute atomic E-state index is 0.475. The molecule has 2 rings (SSSR count). The molecule has 0 amide bonds. The summed E-state index contributed by atoms with van der Waals surface area (Å²) in [5.74, 6) is 0.937. The molecule has 0 fully saturated rings. The molecule has 1 unspecified atom stereocenters. The minimum Gasteiger partial charge on any atom is -0.437 e. The van der Waals surface area contributed by atoms with Gasteiger partial charge in [-0.1, -0.05) is 26.3 Å². The van der Waals surface area contributed by atoms with Crippen LogP contribution in [0.3, 0.4) is 0 Å². The number of nitrogens with zero attached hydrogens (tertiary/aromatic N) is 2. The van der Waals surface area contributed by atoms with Crippen LogP contribution in [0.2, 0.25) is 0 Å². The average Bonchev–Trinajstić information content (AvgIpc) is 2.42. The van der Waals surface area contributed by atoms with Crippen LogP contribution in [0, 0.1) is 5.95 Å². The van der Waals surface area contributed by atoms with E-state index in [2.05, 4.69) is 23.8 Å². The number of aromatic nitrogens is 2. The zero-order chi connectivity index (χ0) is 13.7. The predicted octanol–water partition coefficient (Wildman–Crippen LogP) is 4.31. The largest absolute Gasteiger partial charge is 0.437 e. The summed E-state index contributed by atoms with van der Waals surface area (Å²) in [6.07, 6.45) is 5.46. The van der Waals surface area contributed by atoms with Gasteiger partial charge in [0, 0.05) is 12.3 Å². The Balaban J connectivity index is 2.04. The van der Waals surface area contributed by atoms with Crippen molar-refractivity contribution in [2.24, 2.45) is 0 Å². The first-order valence-electron chi connectivity index (χ1n) is 6.44. The quantitative estimate of drug-likeness (QED) is 0.751. The van der Waals surface area contributed by atoms with E-state index in [0.29, 0.717) is 17.5 Å². The molecule has 0 aliphatic rings. The second-order valence-electron chi connectivity index (χ2n) is 4.54. The third-order valence-corrected chi connectivity index (χ3v) is 2.97.